The fraction of sp³-hybridized carbons (Fsp3) is 0.529. The Bertz CT molecular complexity index is 704. The zero-order valence-electron chi connectivity index (χ0n) is 14.4. The predicted molar refractivity (Wildman–Crippen MR) is 94.0 cm³/mol. The molecule has 7 nitrogen and oxygen atoms in total. The molecule has 25 heavy (non-hydrogen) atoms. The van der Waals surface area contributed by atoms with E-state index in [0.29, 0.717) is 30.3 Å². The highest BCUT2D eigenvalue weighted by Crippen LogP contribution is 2.19. The maximum absolute atomic E-state index is 12.6. The van der Waals surface area contributed by atoms with Crippen LogP contribution < -0.4 is 10.1 Å². The molecule has 134 valence electrons. The minimum absolute atomic E-state index is 0.155. The molecule has 2 atom stereocenters. The van der Waals surface area contributed by atoms with Crippen molar-refractivity contribution in [2.24, 2.45) is 0 Å². The van der Waals surface area contributed by atoms with Crippen LogP contribution in [0, 0.1) is 6.92 Å². The van der Waals surface area contributed by atoms with Crippen molar-refractivity contribution in [3.8, 4) is 5.75 Å². The number of ether oxygens (including phenoxy) is 2. The number of carbonyl (C=O) groups is 1. The number of amides is 1. The van der Waals surface area contributed by atoms with Gasteiger partial charge in [-0.3, -0.25) is 9.78 Å². The quantitative estimate of drug-likeness (QED) is 0.847. The monoisotopic (exact) mass is 362 g/mol. The molecule has 8 heteroatoms. The Hall–Kier alpha value is -2.06. The summed E-state index contributed by atoms with van der Waals surface area (Å²) < 4.78 is 15.5. The standard InChI is InChI=1S/C17H22N4O3S/c1-3-4-13-16(25-21-20-13)17(22)19-14-10-23-8-7-15(14)24-12-6-5-11(2)18-9-12/h5-6,9,14-15H,3-4,7-8,10H2,1-2H3,(H,19,22)/t14-,15+/m0/s1. The second kappa shape index (κ2) is 8.35. The van der Waals surface area contributed by atoms with Gasteiger partial charge in [-0.05, 0) is 37.0 Å². The van der Waals surface area contributed by atoms with Crippen molar-refractivity contribution in [3.63, 3.8) is 0 Å². The molecule has 2 aromatic heterocycles. The Morgan fingerprint density at radius 2 is 2.36 bits per heavy atom. The Kier molecular flexibility index (Phi) is 5.93. The first-order chi connectivity index (χ1) is 12.2. The summed E-state index contributed by atoms with van der Waals surface area (Å²) in [5, 5.41) is 7.07. The molecule has 0 unspecified atom stereocenters. The summed E-state index contributed by atoms with van der Waals surface area (Å²) in [6.45, 7) is 5.01. The van der Waals surface area contributed by atoms with Gasteiger partial charge in [0.2, 0.25) is 0 Å². The first-order valence-electron chi connectivity index (χ1n) is 8.46. The Labute approximate surface area is 150 Å². The first-order valence-corrected chi connectivity index (χ1v) is 9.24. The molecule has 0 bridgehead atoms. The molecule has 0 aromatic carbocycles. The van der Waals surface area contributed by atoms with Gasteiger partial charge < -0.3 is 14.8 Å². The van der Waals surface area contributed by atoms with Crippen LogP contribution in [-0.4, -0.2) is 45.8 Å². The van der Waals surface area contributed by atoms with E-state index >= 15 is 0 Å². The van der Waals surface area contributed by atoms with Gasteiger partial charge in [0, 0.05) is 12.1 Å². The number of rotatable bonds is 6. The van der Waals surface area contributed by atoms with Gasteiger partial charge in [0.05, 0.1) is 31.1 Å². The maximum Gasteiger partial charge on any atom is 0.265 e. The van der Waals surface area contributed by atoms with E-state index in [2.05, 4.69) is 26.8 Å². The van der Waals surface area contributed by atoms with E-state index in [9.17, 15) is 4.79 Å². The summed E-state index contributed by atoms with van der Waals surface area (Å²) in [6, 6.07) is 3.57. The summed E-state index contributed by atoms with van der Waals surface area (Å²) >= 11 is 1.13. The second-order valence-electron chi connectivity index (χ2n) is 6.03. The first kappa shape index (κ1) is 17.8. The molecule has 0 spiro atoms. The molecule has 1 aliphatic rings. The molecule has 0 saturated carbocycles. The number of hydrogen-bond acceptors (Lipinski definition) is 7. The highest BCUT2D eigenvalue weighted by Gasteiger charge is 2.30. The molecule has 1 N–H and O–H groups in total. The molecular formula is C17H22N4O3S. The highest BCUT2D eigenvalue weighted by atomic mass is 32.1. The number of aromatic nitrogens is 3. The third-order valence-electron chi connectivity index (χ3n) is 4.03. The molecule has 1 fully saturated rings. The van der Waals surface area contributed by atoms with Crippen molar-refractivity contribution >= 4 is 17.4 Å². The van der Waals surface area contributed by atoms with Crippen LogP contribution >= 0.6 is 11.5 Å². The summed E-state index contributed by atoms with van der Waals surface area (Å²) in [5.41, 5.74) is 1.69. The van der Waals surface area contributed by atoms with E-state index < -0.39 is 0 Å². The van der Waals surface area contributed by atoms with Crippen molar-refractivity contribution < 1.29 is 14.3 Å². The molecule has 0 radical (unpaired) electrons. The van der Waals surface area contributed by atoms with Crippen molar-refractivity contribution in [2.75, 3.05) is 13.2 Å². The van der Waals surface area contributed by atoms with E-state index in [1.165, 1.54) is 0 Å². The number of carbonyl (C=O) groups excluding carboxylic acids is 1. The lowest BCUT2D eigenvalue weighted by molar-refractivity contribution is -0.00297. The summed E-state index contributed by atoms with van der Waals surface area (Å²) in [4.78, 5) is 17.4. The largest absolute Gasteiger partial charge is 0.486 e. The zero-order valence-corrected chi connectivity index (χ0v) is 15.2. The molecule has 1 saturated heterocycles. The SMILES string of the molecule is CCCc1nnsc1C(=O)N[C@H]1COCC[C@H]1Oc1ccc(C)nc1. The van der Waals surface area contributed by atoms with Crippen molar-refractivity contribution in [3.05, 3.63) is 34.6 Å². The Morgan fingerprint density at radius 1 is 1.48 bits per heavy atom. The van der Waals surface area contributed by atoms with Crippen LogP contribution in [-0.2, 0) is 11.2 Å². The third-order valence-corrected chi connectivity index (χ3v) is 4.80. The van der Waals surface area contributed by atoms with E-state index in [4.69, 9.17) is 9.47 Å². The molecule has 1 amide bonds. The van der Waals surface area contributed by atoms with Crippen LogP contribution in [0.2, 0.25) is 0 Å². The van der Waals surface area contributed by atoms with Crippen LogP contribution in [0.3, 0.4) is 0 Å². The maximum atomic E-state index is 12.6. The van der Waals surface area contributed by atoms with Gasteiger partial charge in [0.15, 0.2) is 0 Å². The topological polar surface area (TPSA) is 86.2 Å². The molecule has 1 aliphatic heterocycles. The van der Waals surface area contributed by atoms with E-state index in [1.807, 2.05) is 19.1 Å². The van der Waals surface area contributed by atoms with Gasteiger partial charge in [-0.1, -0.05) is 17.8 Å². The van der Waals surface area contributed by atoms with Gasteiger partial charge >= 0.3 is 0 Å². The number of nitrogens with zero attached hydrogens (tertiary/aromatic N) is 3. The fourth-order valence-corrected chi connectivity index (χ4v) is 3.32. The summed E-state index contributed by atoms with van der Waals surface area (Å²) in [5.74, 6) is 0.535. The van der Waals surface area contributed by atoms with E-state index in [1.54, 1.807) is 6.20 Å². The van der Waals surface area contributed by atoms with Gasteiger partial charge in [-0.2, -0.15) is 0 Å². The van der Waals surface area contributed by atoms with Crippen molar-refractivity contribution in [2.45, 2.75) is 45.3 Å². The number of hydrogen-bond donors (Lipinski definition) is 1. The van der Waals surface area contributed by atoms with E-state index in [-0.39, 0.29) is 18.1 Å². The van der Waals surface area contributed by atoms with Crippen LogP contribution in [0.5, 0.6) is 5.75 Å². The van der Waals surface area contributed by atoms with Crippen LogP contribution in [0.15, 0.2) is 18.3 Å². The average Bonchev–Trinajstić information content (AvgIpc) is 3.07. The number of nitrogens with one attached hydrogen (secondary N) is 1. The smallest absolute Gasteiger partial charge is 0.265 e. The average molecular weight is 362 g/mol. The Balaban J connectivity index is 1.67. The summed E-state index contributed by atoms with van der Waals surface area (Å²) in [6.07, 6.45) is 3.93. The second-order valence-corrected chi connectivity index (χ2v) is 6.79. The van der Waals surface area contributed by atoms with Crippen LogP contribution in [0.25, 0.3) is 0 Å². The molecule has 3 heterocycles. The highest BCUT2D eigenvalue weighted by molar-refractivity contribution is 7.08. The minimum atomic E-state index is -0.223. The predicted octanol–water partition coefficient (Wildman–Crippen LogP) is 2.16. The van der Waals surface area contributed by atoms with Gasteiger partial charge in [-0.25, -0.2) is 0 Å². The van der Waals surface area contributed by atoms with Crippen molar-refractivity contribution in [1.29, 1.82) is 0 Å². The van der Waals surface area contributed by atoms with Crippen molar-refractivity contribution in [1.82, 2.24) is 19.9 Å². The molecule has 2 aromatic rings. The van der Waals surface area contributed by atoms with Crippen LogP contribution in [0.1, 0.15) is 40.8 Å². The van der Waals surface area contributed by atoms with Gasteiger partial charge in [-0.15, -0.1) is 5.10 Å². The normalized spacial score (nSPS) is 20.2. The lowest BCUT2D eigenvalue weighted by atomic mass is 10.1. The third kappa shape index (κ3) is 4.52. The summed E-state index contributed by atoms with van der Waals surface area (Å²) in [7, 11) is 0. The zero-order chi connectivity index (χ0) is 17.6. The Morgan fingerprint density at radius 3 is 3.12 bits per heavy atom. The lowest BCUT2D eigenvalue weighted by Crippen LogP contribution is -2.51. The lowest BCUT2D eigenvalue weighted by Gasteiger charge is -2.32. The molecular weight excluding hydrogens is 340 g/mol. The minimum Gasteiger partial charge on any atom is -0.486 e. The number of aryl methyl sites for hydroxylation is 2. The number of pyridine rings is 1. The van der Waals surface area contributed by atoms with Gasteiger partial charge in [0.1, 0.15) is 16.7 Å². The fourth-order valence-electron chi connectivity index (χ4n) is 2.71. The molecule has 3 rings (SSSR count). The van der Waals surface area contributed by atoms with Crippen LogP contribution in [0.4, 0.5) is 0 Å². The van der Waals surface area contributed by atoms with E-state index in [0.717, 1.165) is 35.8 Å². The molecule has 0 aliphatic carbocycles. The van der Waals surface area contributed by atoms with Gasteiger partial charge in [0.25, 0.3) is 5.91 Å².